The highest BCUT2D eigenvalue weighted by Gasteiger charge is 2.17. The first-order chi connectivity index (χ1) is 6.97. The molecule has 4 nitrogen and oxygen atoms in total. The summed E-state index contributed by atoms with van der Waals surface area (Å²) in [5, 5.41) is 9.73. The molecule has 0 radical (unpaired) electrons. The van der Waals surface area contributed by atoms with Crippen molar-refractivity contribution in [1.82, 2.24) is 16.0 Å². The van der Waals surface area contributed by atoms with Crippen LogP contribution in [0.25, 0.3) is 0 Å². The average Bonchev–Trinajstić information content (AvgIpc) is 2.14. The van der Waals surface area contributed by atoms with Crippen LogP contribution in [-0.2, 0) is 4.79 Å². The third kappa shape index (κ3) is 5.74. The highest BCUT2D eigenvalue weighted by molar-refractivity contribution is 5.76. The third-order valence-corrected chi connectivity index (χ3v) is 2.48. The summed E-state index contributed by atoms with van der Waals surface area (Å²) in [4.78, 5) is 10.9. The molecule has 0 saturated carbocycles. The van der Waals surface area contributed by atoms with Crippen molar-refractivity contribution in [3.05, 3.63) is 0 Å². The van der Waals surface area contributed by atoms with Gasteiger partial charge >= 0.3 is 0 Å². The molecule has 0 aliphatic carbocycles. The van der Waals surface area contributed by atoms with Gasteiger partial charge in [0.15, 0.2) is 0 Å². The maximum atomic E-state index is 10.9. The number of carbonyl (C=O) groups excluding carboxylic acids is 1. The lowest BCUT2D eigenvalue weighted by atomic mass is 10.1. The van der Waals surface area contributed by atoms with Crippen LogP contribution in [-0.4, -0.2) is 37.1 Å². The van der Waals surface area contributed by atoms with E-state index in [0.29, 0.717) is 12.5 Å². The van der Waals surface area contributed by atoms with Crippen LogP contribution in [0.5, 0.6) is 0 Å². The van der Waals surface area contributed by atoms with Crippen LogP contribution in [0.15, 0.2) is 0 Å². The van der Waals surface area contributed by atoms with Crippen molar-refractivity contribution in [1.29, 1.82) is 0 Å². The smallest absolute Gasteiger partial charge is 0.220 e. The Morgan fingerprint density at radius 3 is 2.67 bits per heavy atom. The molecular weight excluding hydrogens is 190 g/mol. The van der Waals surface area contributed by atoms with Crippen molar-refractivity contribution >= 4 is 5.91 Å². The van der Waals surface area contributed by atoms with E-state index in [2.05, 4.69) is 36.7 Å². The summed E-state index contributed by atoms with van der Waals surface area (Å²) < 4.78 is 0. The van der Waals surface area contributed by atoms with Crippen molar-refractivity contribution < 1.29 is 4.79 Å². The number of amides is 1. The molecule has 1 aliphatic heterocycles. The second kappa shape index (κ2) is 5.47. The topological polar surface area (TPSA) is 53.2 Å². The minimum Gasteiger partial charge on any atom is -0.355 e. The zero-order valence-corrected chi connectivity index (χ0v) is 10.0. The normalized spacial score (nSPS) is 22.6. The van der Waals surface area contributed by atoms with Crippen molar-refractivity contribution in [2.45, 2.75) is 45.2 Å². The summed E-state index contributed by atoms with van der Waals surface area (Å²) in [6.07, 6.45) is 1.62. The second-order valence-electron chi connectivity index (χ2n) is 5.17. The molecule has 3 N–H and O–H groups in total. The maximum absolute atomic E-state index is 10.9. The molecule has 1 heterocycles. The van der Waals surface area contributed by atoms with Gasteiger partial charge in [-0.25, -0.2) is 0 Å². The first-order valence-electron chi connectivity index (χ1n) is 5.72. The lowest BCUT2D eigenvalue weighted by Gasteiger charge is -2.25. The SMILES string of the molecule is CC(C)(C)NCCNC1CCC(=O)NC1. The van der Waals surface area contributed by atoms with Gasteiger partial charge in [-0.1, -0.05) is 0 Å². The molecule has 1 fully saturated rings. The van der Waals surface area contributed by atoms with Gasteiger partial charge < -0.3 is 16.0 Å². The summed E-state index contributed by atoms with van der Waals surface area (Å²) in [5.74, 6) is 0.181. The van der Waals surface area contributed by atoms with Crippen LogP contribution in [0.2, 0.25) is 0 Å². The Balaban J connectivity index is 2.03. The van der Waals surface area contributed by atoms with Gasteiger partial charge in [-0.3, -0.25) is 4.79 Å². The summed E-state index contributed by atoms with van der Waals surface area (Å²) >= 11 is 0. The summed E-state index contributed by atoms with van der Waals surface area (Å²) in [6.45, 7) is 9.18. The molecule has 0 spiro atoms. The minimum absolute atomic E-state index is 0.181. The van der Waals surface area contributed by atoms with Crippen molar-refractivity contribution in [3.8, 4) is 0 Å². The maximum Gasteiger partial charge on any atom is 0.220 e. The van der Waals surface area contributed by atoms with E-state index >= 15 is 0 Å². The highest BCUT2D eigenvalue weighted by atomic mass is 16.1. The fourth-order valence-corrected chi connectivity index (χ4v) is 1.62. The highest BCUT2D eigenvalue weighted by Crippen LogP contribution is 2.02. The molecule has 0 aromatic rings. The van der Waals surface area contributed by atoms with Crippen molar-refractivity contribution in [2.75, 3.05) is 19.6 Å². The number of piperidine rings is 1. The fraction of sp³-hybridized carbons (Fsp3) is 0.909. The summed E-state index contributed by atoms with van der Waals surface area (Å²) in [7, 11) is 0. The molecule has 0 bridgehead atoms. The van der Waals surface area contributed by atoms with Crippen molar-refractivity contribution in [3.63, 3.8) is 0 Å². The number of nitrogens with one attached hydrogen (secondary N) is 3. The molecule has 1 atom stereocenters. The third-order valence-electron chi connectivity index (χ3n) is 2.48. The number of hydrogen-bond donors (Lipinski definition) is 3. The van der Waals surface area contributed by atoms with Gasteiger partial charge in [0.2, 0.25) is 5.91 Å². The quantitative estimate of drug-likeness (QED) is 0.587. The number of carbonyl (C=O) groups is 1. The number of hydrogen-bond acceptors (Lipinski definition) is 3. The van der Waals surface area contributed by atoms with Crippen molar-refractivity contribution in [2.24, 2.45) is 0 Å². The minimum atomic E-state index is 0.181. The number of rotatable bonds is 4. The van der Waals surface area contributed by atoms with Crippen LogP contribution in [0.4, 0.5) is 0 Å². The molecule has 1 saturated heterocycles. The molecule has 0 aromatic carbocycles. The molecule has 1 aliphatic rings. The molecular formula is C11H23N3O. The average molecular weight is 213 g/mol. The van der Waals surface area contributed by atoms with E-state index in [1.165, 1.54) is 0 Å². The Morgan fingerprint density at radius 2 is 2.13 bits per heavy atom. The van der Waals surface area contributed by atoms with Gasteiger partial charge in [0.25, 0.3) is 0 Å². The van der Waals surface area contributed by atoms with E-state index in [1.807, 2.05) is 0 Å². The van der Waals surface area contributed by atoms with Crippen LogP contribution >= 0.6 is 0 Å². The predicted octanol–water partition coefficient (Wildman–Crippen LogP) is 0.243. The lowest BCUT2D eigenvalue weighted by Crippen LogP contribution is -2.48. The first-order valence-corrected chi connectivity index (χ1v) is 5.72. The Bertz CT molecular complexity index is 200. The summed E-state index contributed by atoms with van der Waals surface area (Å²) in [6, 6.07) is 0.449. The molecule has 0 aromatic heterocycles. The Labute approximate surface area is 92.2 Å². The van der Waals surface area contributed by atoms with Gasteiger partial charge in [-0.05, 0) is 27.2 Å². The van der Waals surface area contributed by atoms with Gasteiger partial charge in [0.05, 0.1) is 0 Å². The van der Waals surface area contributed by atoms with E-state index in [0.717, 1.165) is 26.1 Å². The first kappa shape index (κ1) is 12.5. The van der Waals surface area contributed by atoms with Gasteiger partial charge in [0, 0.05) is 37.6 Å². The van der Waals surface area contributed by atoms with Gasteiger partial charge in [-0.15, -0.1) is 0 Å². The predicted molar refractivity (Wildman–Crippen MR) is 61.8 cm³/mol. The van der Waals surface area contributed by atoms with E-state index < -0.39 is 0 Å². The molecule has 1 rings (SSSR count). The second-order valence-corrected chi connectivity index (χ2v) is 5.17. The Hall–Kier alpha value is -0.610. The Morgan fingerprint density at radius 1 is 1.40 bits per heavy atom. The zero-order valence-electron chi connectivity index (χ0n) is 10.0. The fourth-order valence-electron chi connectivity index (χ4n) is 1.62. The summed E-state index contributed by atoms with van der Waals surface area (Å²) in [5.41, 5.74) is 0.183. The molecule has 88 valence electrons. The van der Waals surface area contributed by atoms with E-state index in [9.17, 15) is 4.79 Å². The monoisotopic (exact) mass is 213 g/mol. The molecule has 15 heavy (non-hydrogen) atoms. The molecule has 1 unspecified atom stereocenters. The van der Waals surface area contributed by atoms with Crippen LogP contribution < -0.4 is 16.0 Å². The van der Waals surface area contributed by atoms with E-state index in [1.54, 1.807) is 0 Å². The molecule has 1 amide bonds. The van der Waals surface area contributed by atoms with Gasteiger partial charge in [0.1, 0.15) is 0 Å². The van der Waals surface area contributed by atoms with E-state index in [4.69, 9.17) is 0 Å². The molecule has 4 heteroatoms. The van der Waals surface area contributed by atoms with Crippen LogP contribution in [0.3, 0.4) is 0 Å². The Kier molecular flexibility index (Phi) is 4.54. The standard InChI is InChI=1S/C11H23N3O/c1-11(2,3)14-7-6-12-9-4-5-10(15)13-8-9/h9,12,14H,4-8H2,1-3H3,(H,13,15). The van der Waals surface area contributed by atoms with Crippen LogP contribution in [0.1, 0.15) is 33.6 Å². The zero-order chi connectivity index (χ0) is 11.3. The van der Waals surface area contributed by atoms with E-state index in [-0.39, 0.29) is 11.4 Å². The largest absolute Gasteiger partial charge is 0.355 e. The van der Waals surface area contributed by atoms with Crippen LogP contribution in [0, 0.1) is 0 Å². The lowest BCUT2D eigenvalue weighted by molar-refractivity contribution is -0.122. The van der Waals surface area contributed by atoms with Gasteiger partial charge in [-0.2, -0.15) is 0 Å².